The van der Waals surface area contributed by atoms with Crippen LogP contribution in [0.1, 0.15) is 47.6 Å². The van der Waals surface area contributed by atoms with E-state index in [0.29, 0.717) is 17.5 Å². The van der Waals surface area contributed by atoms with E-state index in [4.69, 9.17) is 15.0 Å². The van der Waals surface area contributed by atoms with Crippen LogP contribution in [0, 0.1) is 0 Å². The number of benzene rings is 6. The third-order valence-corrected chi connectivity index (χ3v) is 9.29. The molecule has 0 radical (unpaired) electrons. The Labute approximate surface area is 270 Å². The van der Waals surface area contributed by atoms with Crippen molar-refractivity contribution < 1.29 is 0 Å². The van der Waals surface area contributed by atoms with Crippen molar-refractivity contribution in [3.8, 4) is 45.3 Å². The van der Waals surface area contributed by atoms with Gasteiger partial charge in [0.2, 0.25) is 0 Å². The topological polar surface area (TPSA) is 38.7 Å². The second-order valence-electron chi connectivity index (χ2n) is 12.4. The summed E-state index contributed by atoms with van der Waals surface area (Å²) >= 11 is 0. The molecule has 0 fully saturated rings. The molecule has 3 heteroatoms. The molecule has 0 atom stereocenters. The van der Waals surface area contributed by atoms with Crippen LogP contribution in [0.25, 0.3) is 45.3 Å². The summed E-state index contributed by atoms with van der Waals surface area (Å²) in [6.45, 7) is 4.68. The molecule has 0 unspecified atom stereocenters. The molecule has 0 bridgehead atoms. The van der Waals surface area contributed by atoms with Crippen LogP contribution in [0.4, 0.5) is 0 Å². The second kappa shape index (κ2) is 11.4. The first-order chi connectivity index (χ1) is 22.6. The van der Waals surface area contributed by atoms with Gasteiger partial charge in [0.25, 0.3) is 0 Å². The van der Waals surface area contributed by atoms with Crippen molar-refractivity contribution >= 4 is 0 Å². The van der Waals surface area contributed by atoms with Crippen LogP contribution in [0.5, 0.6) is 0 Å². The summed E-state index contributed by atoms with van der Waals surface area (Å²) in [5, 5.41) is 0. The fourth-order valence-corrected chi connectivity index (χ4v) is 7.03. The van der Waals surface area contributed by atoms with Crippen LogP contribution < -0.4 is 0 Å². The Morgan fingerprint density at radius 1 is 0.413 bits per heavy atom. The molecule has 46 heavy (non-hydrogen) atoms. The summed E-state index contributed by atoms with van der Waals surface area (Å²) in [7, 11) is 0. The quantitative estimate of drug-likeness (QED) is 0.200. The molecular formula is C43H33N3. The zero-order valence-electron chi connectivity index (χ0n) is 25.9. The molecule has 0 saturated carbocycles. The van der Waals surface area contributed by atoms with Gasteiger partial charge in [-0.05, 0) is 45.0 Å². The number of fused-ring (bicyclic) bond motifs is 2. The van der Waals surface area contributed by atoms with Crippen molar-refractivity contribution in [1.82, 2.24) is 15.0 Å². The van der Waals surface area contributed by atoms with Gasteiger partial charge < -0.3 is 0 Å². The average Bonchev–Trinajstić information content (AvgIpc) is 3.13. The Morgan fingerprint density at radius 2 is 0.848 bits per heavy atom. The van der Waals surface area contributed by atoms with E-state index in [-0.39, 0.29) is 11.3 Å². The van der Waals surface area contributed by atoms with E-state index in [1.165, 1.54) is 27.8 Å². The van der Waals surface area contributed by atoms with E-state index in [0.717, 1.165) is 27.8 Å². The molecule has 220 valence electrons. The highest BCUT2D eigenvalue weighted by molar-refractivity contribution is 5.83. The van der Waals surface area contributed by atoms with Crippen LogP contribution in [0.3, 0.4) is 0 Å². The normalized spacial score (nSPS) is 13.5. The van der Waals surface area contributed by atoms with Gasteiger partial charge in [0, 0.05) is 28.0 Å². The SMILES string of the molecule is CC1(C)c2ccccc2C(c2ccc(-c3nc(-c4ccccc4)nc(-c4ccccc4)n3)c(-c3ccccc3)c2)c2ccccc21. The molecule has 0 N–H and O–H groups in total. The van der Waals surface area contributed by atoms with Crippen LogP contribution in [-0.4, -0.2) is 15.0 Å². The highest BCUT2D eigenvalue weighted by atomic mass is 15.0. The molecule has 1 aliphatic rings. The monoisotopic (exact) mass is 591 g/mol. The lowest BCUT2D eigenvalue weighted by molar-refractivity contribution is 0.597. The van der Waals surface area contributed by atoms with Gasteiger partial charge in [0.05, 0.1) is 0 Å². The lowest BCUT2D eigenvalue weighted by Crippen LogP contribution is -2.29. The van der Waals surface area contributed by atoms with Gasteiger partial charge in [-0.2, -0.15) is 0 Å². The molecule has 3 nitrogen and oxygen atoms in total. The zero-order valence-corrected chi connectivity index (χ0v) is 25.9. The van der Waals surface area contributed by atoms with Crippen LogP contribution in [-0.2, 0) is 5.41 Å². The predicted molar refractivity (Wildman–Crippen MR) is 188 cm³/mol. The Hall–Kier alpha value is -5.67. The molecule has 1 aliphatic carbocycles. The van der Waals surface area contributed by atoms with Crippen molar-refractivity contribution in [3.05, 3.63) is 186 Å². The highest BCUT2D eigenvalue weighted by Crippen LogP contribution is 2.49. The van der Waals surface area contributed by atoms with Gasteiger partial charge in [-0.15, -0.1) is 0 Å². The first-order valence-electron chi connectivity index (χ1n) is 15.8. The van der Waals surface area contributed by atoms with Crippen molar-refractivity contribution in [2.24, 2.45) is 0 Å². The van der Waals surface area contributed by atoms with E-state index in [2.05, 4.69) is 135 Å². The Bertz CT molecular complexity index is 2060. The summed E-state index contributed by atoms with van der Waals surface area (Å²) in [6, 6.07) is 55.6. The van der Waals surface area contributed by atoms with Gasteiger partial charge >= 0.3 is 0 Å². The molecule has 0 saturated heterocycles. The fourth-order valence-electron chi connectivity index (χ4n) is 7.03. The molecule has 0 aliphatic heterocycles. The minimum absolute atomic E-state index is 0.0849. The van der Waals surface area contributed by atoms with Crippen LogP contribution in [0.15, 0.2) is 158 Å². The number of rotatable bonds is 5. The number of nitrogens with zero attached hydrogens (tertiary/aromatic N) is 3. The van der Waals surface area contributed by atoms with Gasteiger partial charge in [0.1, 0.15) is 0 Å². The maximum atomic E-state index is 5.10. The number of aromatic nitrogens is 3. The van der Waals surface area contributed by atoms with Crippen molar-refractivity contribution in [1.29, 1.82) is 0 Å². The molecule has 0 amide bonds. The lowest BCUT2D eigenvalue weighted by atomic mass is 9.64. The van der Waals surface area contributed by atoms with Crippen molar-refractivity contribution in [2.45, 2.75) is 25.2 Å². The molecular weight excluding hydrogens is 558 g/mol. The minimum atomic E-state index is -0.0849. The summed E-state index contributed by atoms with van der Waals surface area (Å²) in [5.41, 5.74) is 11.7. The van der Waals surface area contributed by atoms with Gasteiger partial charge in [-0.1, -0.05) is 166 Å². The van der Waals surface area contributed by atoms with Crippen LogP contribution in [0.2, 0.25) is 0 Å². The molecule has 1 heterocycles. The third-order valence-electron chi connectivity index (χ3n) is 9.29. The number of hydrogen-bond donors (Lipinski definition) is 0. The average molecular weight is 592 g/mol. The molecule has 7 aromatic rings. The first kappa shape index (κ1) is 27.8. The Balaban J connectivity index is 1.36. The van der Waals surface area contributed by atoms with E-state index in [1.54, 1.807) is 0 Å². The maximum absolute atomic E-state index is 5.10. The van der Waals surface area contributed by atoms with Gasteiger partial charge in [-0.25, -0.2) is 15.0 Å². The summed E-state index contributed by atoms with van der Waals surface area (Å²) in [6.07, 6.45) is 0. The van der Waals surface area contributed by atoms with Crippen LogP contribution >= 0.6 is 0 Å². The van der Waals surface area contributed by atoms with Gasteiger partial charge in [0.15, 0.2) is 17.5 Å². The molecule has 6 aromatic carbocycles. The summed E-state index contributed by atoms with van der Waals surface area (Å²) < 4.78 is 0. The first-order valence-corrected chi connectivity index (χ1v) is 15.8. The Kier molecular flexibility index (Phi) is 6.88. The van der Waals surface area contributed by atoms with E-state index in [1.807, 2.05) is 36.4 Å². The van der Waals surface area contributed by atoms with Gasteiger partial charge in [-0.3, -0.25) is 0 Å². The van der Waals surface area contributed by atoms with E-state index >= 15 is 0 Å². The van der Waals surface area contributed by atoms with E-state index in [9.17, 15) is 0 Å². The molecule has 0 spiro atoms. The minimum Gasteiger partial charge on any atom is -0.208 e. The summed E-state index contributed by atoms with van der Waals surface area (Å²) in [5.74, 6) is 2.08. The van der Waals surface area contributed by atoms with E-state index < -0.39 is 0 Å². The highest BCUT2D eigenvalue weighted by Gasteiger charge is 2.37. The standard InChI is InChI=1S/C43H33N3/c1-43(2)37-24-14-12-22-34(37)39(35-23-13-15-25-38(35)43)32-26-27-33(36(28-32)29-16-6-3-7-17-29)42-45-40(30-18-8-4-9-19-30)44-41(46-42)31-20-10-5-11-21-31/h3-28,39H,1-2H3. The van der Waals surface area contributed by atoms with Crippen molar-refractivity contribution in [3.63, 3.8) is 0 Å². The lowest BCUT2D eigenvalue weighted by Gasteiger charge is -2.39. The number of hydrogen-bond acceptors (Lipinski definition) is 3. The third kappa shape index (κ3) is 4.81. The summed E-state index contributed by atoms with van der Waals surface area (Å²) in [4.78, 5) is 15.1. The predicted octanol–water partition coefficient (Wildman–Crippen LogP) is 10.4. The molecule has 8 rings (SSSR count). The maximum Gasteiger partial charge on any atom is 0.164 e. The largest absolute Gasteiger partial charge is 0.208 e. The fraction of sp³-hybridized carbons (Fsp3) is 0.0930. The smallest absolute Gasteiger partial charge is 0.164 e. The second-order valence-corrected chi connectivity index (χ2v) is 12.4. The zero-order chi connectivity index (χ0) is 31.1. The Morgan fingerprint density at radius 3 is 1.37 bits per heavy atom. The molecule has 1 aromatic heterocycles. The van der Waals surface area contributed by atoms with Crippen molar-refractivity contribution in [2.75, 3.05) is 0 Å².